The van der Waals surface area contributed by atoms with Gasteiger partial charge in [-0.05, 0) is 24.6 Å². The second kappa shape index (κ2) is 7.46. The number of halogens is 1. The lowest BCUT2D eigenvalue weighted by Crippen LogP contribution is -2.10. The first-order valence-corrected chi connectivity index (χ1v) is 5.86. The number of rotatable bonds is 4. The molecule has 2 N–H and O–H groups in total. The van der Waals surface area contributed by atoms with Crippen molar-refractivity contribution < 1.29 is 14.3 Å². The highest BCUT2D eigenvalue weighted by molar-refractivity contribution is 5.90. The summed E-state index contributed by atoms with van der Waals surface area (Å²) in [5, 5.41) is 11.2. The summed E-state index contributed by atoms with van der Waals surface area (Å²) < 4.78 is 13.6. The fraction of sp³-hybridized carbons (Fsp3) is 0.357. The predicted molar refractivity (Wildman–Crippen MR) is 68.5 cm³/mol. The Balaban J connectivity index is 2.74. The van der Waals surface area contributed by atoms with Gasteiger partial charge in [0.05, 0.1) is 12.2 Å². The largest absolute Gasteiger partial charge is 0.395 e. The van der Waals surface area contributed by atoms with Crippen molar-refractivity contribution in [2.24, 2.45) is 0 Å². The molecule has 4 heteroatoms. The van der Waals surface area contributed by atoms with E-state index in [0.29, 0.717) is 18.5 Å². The fourth-order valence-corrected chi connectivity index (χ4v) is 1.36. The smallest absolute Gasteiger partial charge is 0.224 e. The molecule has 1 aromatic rings. The summed E-state index contributed by atoms with van der Waals surface area (Å²) in [4.78, 5) is 11.3. The van der Waals surface area contributed by atoms with Crippen molar-refractivity contribution in [1.82, 2.24) is 0 Å². The Labute approximate surface area is 106 Å². The zero-order chi connectivity index (χ0) is 13.4. The van der Waals surface area contributed by atoms with Gasteiger partial charge in [-0.25, -0.2) is 4.39 Å². The van der Waals surface area contributed by atoms with Crippen LogP contribution in [0.4, 0.5) is 10.1 Å². The average Bonchev–Trinajstić information content (AvgIpc) is 2.32. The van der Waals surface area contributed by atoms with Gasteiger partial charge in [-0.15, -0.1) is 0 Å². The Bertz CT molecular complexity index is 474. The molecule has 0 aromatic heterocycles. The molecule has 18 heavy (non-hydrogen) atoms. The van der Waals surface area contributed by atoms with Crippen molar-refractivity contribution >= 4 is 11.6 Å². The van der Waals surface area contributed by atoms with Crippen LogP contribution in [0, 0.1) is 17.7 Å². The van der Waals surface area contributed by atoms with Crippen molar-refractivity contribution in [2.75, 3.05) is 11.9 Å². The molecule has 0 atom stereocenters. The van der Waals surface area contributed by atoms with Crippen molar-refractivity contribution in [1.29, 1.82) is 0 Å². The first-order chi connectivity index (χ1) is 8.67. The van der Waals surface area contributed by atoms with Gasteiger partial charge >= 0.3 is 0 Å². The number of aliphatic hydroxyl groups excluding tert-OH is 1. The number of benzene rings is 1. The quantitative estimate of drug-likeness (QED) is 0.804. The fourth-order valence-electron chi connectivity index (χ4n) is 1.36. The van der Waals surface area contributed by atoms with E-state index in [1.165, 1.54) is 12.1 Å². The van der Waals surface area contributed by atoms with E-state index in [0.717, 1.165) is 6.42 Å². The normalized spacial score (nSPS) is 9.50. The summed E-state index contributed by atoms with van der Waals surface area (Å²) in [6.45, 7) is 1.86. The molecular weight excluding hydrogens is 233 g/mol. The van der Waals surface area contributed by atoms with Gasteiger partial charge in [-0.2, -0.15) is 0 Å². The van der Waals surface area contributed by atoms with Crippen LogP contribution in [-0.4, -0.2) is 17.6 Å². The third-order valence-electron chi connectivity index (χ3n) is 2.19. The van der Waals surface area contributed by atoms with Crippen molar-refractivity contribution in [3.63, 3.8) is 0 Å². The highest BCUT2D eigenvalue weighted by Crippen LogP contribution is 2.14. The minimum absolute atomic E-state index is 0.0419. The highest BCUT2D eigenvalue weighted by atomic mass is 19.1. The molecule has 0 heterocycles. The van der Waals surface area contributed by atoms with E-state index in [9.17, 15) is 9.18 Å². The second-order valence-electron chi connectivity index (χ2n) is 3.77. The number of hydrogen-bond acceptors (Lipinski definition) is 2. The van der Waals surface area contributed by atoms with E-state index >= 15 is 0 Å². The van der Waals surface area contributed by atoms with Crippen molar-refractivity contribution in [2.45, 2.75) is 26.2 Å². The molecule has 0 aliphatic heterocycles. The summed E-state index contributed by atoms with van der Waals surface area (Å²) in [5.74, 6) is 4.66. The number of nitrogens with one attached hydrogen (secondary N) is 1. The topological polar surface area (TPSA) is 49.3 Å². The Morgan fingerprint density at radius 2 is 2.28 bits per heavy atom. The zero-order valence-corrected chi connectivity index (χ0v) is 10.3. The molecule has 0 saturated heterocycles. The number of carbonyl (C=O) groups excluding carboxylic acids is 1. The van der Waals surface area contributed by atoms with Crippen LogP contribution in [0.5, 0.6) is 0 Å². The minimum atomic E-state index is -0.477. The number of carbonyl (C=O) groups is 1. The van der Waals surface area contributed by atoms with Crippen LogP contribution in [0.25, 0.3) is 0 Å². The van der Waals surface area contributed by atoms with Gasteiger partial charge in [-0.1, -0.05) is 18.8 Å². The van der Waals surface area contributed by atoms with E-state index in [1.807, 2.05) is 6.92 Å². The van der Waals surface area contributed by atoms with Gasteiger partial charge in [0.2, 0.25) is 5.91 Å². The molecular formula is C14H16FNO2. The minimum Gasteiger partial charge on any atom is -0.395 e. The SMILES string of the molecule is CCCC(=O)Nc1ccc(C#CCCO)c(F)c1. The van der Waals surface area contributed by atoms with Crippen molar-refractivity contribution in [3.8, 4) is 11.8 Å². The Morgan fingerprint density at radius 1 is 1.50 bits per heavy atom. The van der Waals surface area contributed by atoms with Gasteiger partial charge < -0.3 is 10.4 Å². The summed E-state index contributed by atoms with van der Waals surface area (Å²) in [5.41, 5.74) is 0.690. The number of amides is 1. The molecule has 0 aliphatic carbocycles. The number of aliphatic hydroxyl groups is 1. The van der Waals surface area contributed by atoms with E-state index < -0.39 is 5.82 Å². The summed E-state index contributed by atoms with van der Waals surface area (Å²) >= 11 is 0. The number of hydrogen-bond donors (Lipinski definition) is 2. The monoisotopic (exact) mass is 249 g/mol. The first kappa shape index (κ1) is 14.2. The average molecular weight is 249 g/mol. The van der Waals surface area contributed by atoms with Crippen LogP contribution in [-0.2, 0) is 4.79 Å². The van der Waals surface area contributed by atoms with Crippen LogP contribution in [0.15, 0.2) is 18.2 Å². The van der Waals surface area contributed by atoms with Crippen LogP contribution in [0.2, 0.25) is 0 Å². The Kier molecular flexibility index (Phi) is 5.89. The maximum absolute atomic E-state index is 13.6. The van der Waals surface area contributed by atoms with Crippen LogP contribution >= 0.6 is 0 Å². The molecule has 0 unspecified atom stereocenters. The van der Waals surface area contributed by atoms with Gasteiger partial charge in [0.25, 0.3) is 0 Å². The molecule has 0 fully saturated rings. The Morgan fingerprint density at radius 3 is 2.89 bits per heavy atom. The molecule has 96 valence electrons. The van der Waals surface area contributed by atoms with E-state index in [2.05, 4.69) is 17.2 Å². The van der Waals surface area contributed by atoms with Crippen LogP contribution in [0.1, 0.15) is 31.7 Å². The van der Waals surface area contributed by atoms with Crippen LogP contribution < -0.4 is 5.32 Å². The predicted octanol–water partition coefficient (Wildman–Crippen LogP) is 2.30. The number of anilines is 1. The second-order valence-corrected chi connectivity index (χ2v) is 3.77. The molecule has 0 aliphatic rings. The van der Waals surface area contributed by atoms with E-state index in [1.54, 1.807) is 6.07 Å². The maximum atomic E-state index is 13.6. The molecule has 0 radical (unpaired) electrons. The van der Waals surface area contributed by atoms with Gasteiger partial charge in [-0.3, -0.25) is 4.79 Å². The van der Waals surface area contributed by atoms with Gasteiger partial charge in [0, 0.05) is 18.5 Å². The third kappa shape index (κ3) is 4.56. The lowest BCUT2D eigenvalue weighted by Gasteiger charge is -2.04. The van der Waals surface area contributed by atoms with E-state index in [4.69, 9.17) is 5.11 Å². The van der Waals surface area contributed by atoms with Gasteiger partial charge in [0.1, 0.15) is 5.82 Å². The molecule has 0 bridgehead atoms. The molecule has 1 amide bonds. The van der Waals surface area contributed by atoms with Crippen LogP contribution in [0.3, 0.4) is 0 Å². The molecule has 0 saturated carbocycles. The van der Waals surface area contributed by atoms with E-state index in [-0.39, 0.29) is 18.1 Å². The Hall–Kier alpha value is -1.86. The van der Waals surface area contributed by atoms with Crippen molar-refractivity contribution in [3.05, 3.63) is 29.6 Å². The molecule has 3 nitrogen and oxygen atoms in total. The molecule has 1 aromatic carbocycles. The van der Waals surface area contributed by atoms with Gasteiger partial charge in [0.15, 0.2) is 0 Å². The molecule has 1 rings (SSSR count). The third-order valence-corrected chi connectivity index (χ3v) is 2.19. The lowest BCUT2D eigenvalue weighted by atomic mass is 10.2. The summed E-state index contributed by atoms with van der Waals surface area (Å²) in [6.07, 6.45) is 1.48. The standard InChI is InChI=1S/C14H16FNO2/c1-2-5-14(18)16-12-8-7-11(13(15)10-12)6-3-4-9-17/h7-8,10,17H,2,4-5,9H2,1H3,(H,16,18). The highest BCUT2D eigenvalue weighted by Gasteiger charge is 2.04. The zero-order valence-electron chi connectivity index (χ0n) is 10.3. The lowest BCUT2D eigenvalue weighted by molar-refractivity contribution is -0.116. The maximum Gasteiger partial charge on any atom is 0.224 e. The summed E-state index contributed by atoms with van der Waals surface area (Å²) in [7, 11) is 0. The first-order valence-electron chi connectivity index (χ1n) is 5.86. The molecule has 0 spiro atoms. The summed E-state index contributed by atoms with van der Waals surface area (Å²) in [6, 6.07) is 4.37.